The predicted octanol–water partition coefficient (Wildman–Crippen LogP) is 3.77. The number of nitrogens with zero attached hydrogens (tertiary/aromatic N) is 2. The molecule has 30 heavy (non-hydrogen) atoms. The molecule has 1 aliphatic heterocycles. The van der Waals surface area contributed by atoms with Crippen LogP contribution in [0.5, 0.6) is 5.75 Å². The first-order valence-electron chi connectivity index (χ1n) is 9.47. The van der Waals surface area contributed by atoms with Crippen LogP contribution in [0.15, 0.2) is 72.9 Å². The second-order valence-electron chi connectivity index (χ2n) is 7.22. The number of hydrogen-bond acceptors (Lipinski definition) is 4. The van der Waals surface area contributed by atoms with Crippen LogP contribution >= 0.6 is 0 Å². The summed E-state index contributed by atoms with van der Waals surface area (Å²) in [5.41, 5.74) is 0.957. The molecule has 0 aliphatic carbocycles. The highest BCUT2D eigenvalue weighted by Crippen LogP contribution is 2.28. The van der Waals surface area contributed by atoms with Crippen molar-refractivity contribution < 1.29 is 18.7 Å². The molecule has 6 nitrogen and oxygen atoms in total. The number of carbonyl (C=O) groups is 2. The molecular weight excluding hydrogens is 385 g/mol. The minimum absolute atomic E-state index is 0.144. The molecule has 0 spiro atoms. The van der Waals surface area contributed by atoms with E-state index in [9.17, 15) is 14.0 Å². The molecule has 0 bridgehead atoms. The van der Waals surface area contributed by atoms with Crippen LogP contribution in [-0.2, 0) is 23.5 Å². The second kappa shape index (κ2) is 7.94. The number of amides is 3. The predicted molar refractivity (Wildman–Crippen MR) is 108 cm³/mol. The number of nitrogens with one attached hydrogen (secondary N) is 1. The van der Waals surface area contributed by atoms with Gasteiger partial charge < -0.3 is 10.1 Å². The summed E-state index contributed by atoms with van der Waals surface area (Å²) in [6.07, 6.45) is 1.59. The average Bonchev–Trinajstić information content (AvgIpc) is 2.99. The van der Waals surface area contributed by atoms with Crippen LogP contribution in [0.25, 0.3) is 0 Å². The largest absolute Gasteiger partial charge is 0.489 e. The van der Waals surface area contributed by atoms with Gasteiger partial charge in [0.1, 0.15) is 18.2 Å². The molecule has 1 N–H and O–H groups in total. The van der Waals surface area contributed by atoms with Crippen LogP contribution in [0.1, 0.15) is 23.7 Å². The van der Waals surface area contributed by atoms with Crippen LogP contribution in [0, 0.1) is 5.82 Å². The molecule has 1 fully saturated rings. The Hall–Kier alpha value is -3.74. The number of pyridine rings is 1. The van der Waals surface area contributed by atoms with Crippen molar-refractivity contribution in [1.82, 2.24) is 15.2 Å². The van der Waals surface area contributed by atoms with Gasteiger partial charge in [-0.1, -0.05) is 30.3 Å². The Morgan fingerprint density at radius 3 is 2.37 bits per heavy atom. The number of benzene rings is 2. The molecule has 3 amide bonds. The minimum atomic E-state index is -1.18. The molecular formula is C23H20FN3O3. The molecule has 1 aliphatic rings. The third kappa shape index (κ3) is 3.87. The lowest BCUT2D eigenvalue weighted by atomic mass is 9.97. The first kappa shape index (κ1) is 19.6. The maximum Gasteiger partial charge on any atom is 0.325 e. The zero-order valence-electron chi connectivity index (χ0n) is 16.3. The van der Waals surface area contributed by atoms with Gasteiger partial charge in [0.2, 0.25) is 0 Å². The first-order chi connectivity index (χ1) is 14.5. The van der Waals surface area contributed by atoms with Gasteiger partial charge in [-0.2, -0.15) is 0 Å². The van der Waals surface area contributed by atoms with Crippen molar-refractivity contribution >= 4 is 11.9 Å². The van der Waals surface area contributed by atoms with E-state index in [2.05, 4.69) is 10.3 Å². The summed E-state index contributed by atoms with van der Waals surface area (Å²) in [6, 6.07) is 18.1. The highest BCUT2D eigenvalue weighted by molar-refractivity contribution is 6.06. The Balaban J connectivity index is 1.41. The number of hydrogen-bond donors (Lipinski definition) is 1. The molecule has 1 saturated heterocycles. The molecule has 1 atom stereocenters. The summed E-state index contributed by atoms with van der Waals surface area (Å²) >= 11 is 0. The highest BCUT2D eigenvalue weighted by atomic mass is 19.1. The third-order valence-electron chi connectivity index (χ3n) is 5.03. The lowest BCUT2D eigenvalue weighted by molar-refractivity contribution is -0.131. The zero-order chi connectivity index (χ0) is 21.1. The molecule has 1 aromatic heterocycles. The van der Waals surface area contributed by atoms with Gasteiger partial charge in [0.25, 0.3) is 5.91 Å². The van der Waals surface area contributed by atoms with Gasteiger partial charge in [0.15, 0.2) is 5.54 Å². The lowest BCUT2D eigenvalue weighted by Gasteiger charge is -2.21. The zero-order valence-corrected chi connectivity index (χ0v) is 16.3. The van der Waals surface area contributed by atoms with Crippen molar-refractivity contribution in [2.45, 2.75) is 25.6 Å². The number of halogens is 1. The summed E-state index contributed by atoms with van der Waals surface area (Å²) in [5.74, 6) is 0.00387. The van der Waals surface area contributed by atoms with Crippen molar-refractivity contribution in [2.75, 3.05) is 0 Å². The monoisotopic (exact) mass is 405 g/mol. The maximum atomic E-state index is 13.0. The van der Waals surface area contributed by atoms with E-state index in [-0.39, 0.29) is 18.3 Å². The van der Waals surface area contributed by atoms with Gasteiger partial charge in [-0.05, 0) is 54.4 Å². The number of imide groups is 1. The third-order valence-corrected chi connectivity index (χ3v) is 5.03. The van der Waals surface area contributed by atoms with Crippen LogP contribution in [0.2, 0.25) is 0 Å². The molecule has 152 valence electrons. The van der Waals surface area contributed by atoms with Crippen molar-refractivity contribution in [3.63, 3.8) is 0 Å². The fourth-order valence-electron chi connectivity index (χ4n) is 3.29. The van der Waals surface area contributed by atoms with Gasteiger partial charge in [-0.15, -0.1) is 0 Å². The fraction of sp³-hybridized carbons (Fsp3) is 0.174. The van der Waals surface area contributed by atoms with Crippen molar-refractivity contribution in [3.8, 4) is 5.75 Å². The van der Waals surface area contributed by atoms with Gasteiger partial charge in [-0.25, -0.2) is 9.18 Å². The molecule has 1 unspecified atom stereocenters. The van der Waals surface area contributed by atoms with E-state index in [0.29, 0.717) is 18.1 Å². The summed E-state index contributed by atoms with van der Waals surface area (Å²) in [7, 11) is 0. The Kier molecular flexibility index (Phi) is 5.18. The first-order valence-corrected chi connectivity index (χ1v) is 9.47. The fourth-order valence-corrected chi connectivity index (χ4v) is 3.29. The molecule has 3 aromatic rings. The van der Waals surface area contributed by atoms with Crippen molar-refractivity contribution in [2.24, 2.45) is 0 Å². The van der Waals surface area contributed by atoms with Gasteiger partial charge in [0, 0.05) is 6.20 Å². The van der Waals surface area contributed by atoms with E-state index in [4.69, 9.17) is 4.74 Å². The summed E-state index contributed by atoms with van der Waals surface area (Å²) in [5, 5.41) is 2.74. The Morgan fingerprint density at radius 2 is 1.70 bits per heavy atom. The van der Waals surface area contributed by atoms with E-state index >= 15 is 0 Å². The number of ether oxygens (including phenoxy) is 1. The summed E-state index contributed by atoms with van der Waals surface area (Å²) < 4.78 is 18.7. The lowest BCUT2D eigenvalue weighted by Crippen LogP contribution is -2.41. The Morgan fingerprint density at radius 1 is 1.00 bits per heavy atom. The van der Waals surface area contributed by atoms with Crippen LogP contribution < -0.4 is 10.1 Å². The smallest absolute Gasteiger partial charge is 0.325 e. The summed E-state index contributed by atoms with van der Waals surface area (Å²) in [4.78, 5) is 30.8. The number of urea groups is 1. The number of carbonyl (C=O) groups excluding carboxylic acids is 2. The highest BCUT2D eigenvalue weighted by Gasteiger charge is 2.49. The standard InChI is InChI=1S/C23H20FN3O3/c1-23(20-4-2-3-13-25-20)21(28)27(22(29)26-23)14-16-7-11-19(12-8-16)30-15-17-5-9-18(24)10-6-17/h2-13H,14-15H2,1H3,(H,26,29). The van der Waals surface area contributed by atoms with Crippen LogP contribution in [-0.4, -0.2) is 21.8 Å². The van der Waals surface area contributed by atoms with E-state index in [1.807, 2.05) is 0 Å². The molecule has 4 rings (SSSR count). The minimum Gasteiger partial charge on any atom is -0.489 e. The molecule has 0 radical (unpaired) electrons. The van der Waals surface area contributed by atoms with E-state index in [1.165, 1.54) is 17.0 Å². The molecule has 2 heterocycles. The van der Waals surface area contributed by atoms with Crippen molar-refractivity contribution in [3.05, 3.63) is 95.6 Å². The van der Waals surface area contributed by atoms with E-state index < -0.39 is 11.6 Å². The van der Waals surface area contributed by atoms with Crippen LogP contribution in [0.3, 0.4) is 0 Å². The van der Waals surface area contributed by atoms with Gasteiger partial charge in [-0.3, -0.25) is 14.7 Å². The average molecular weight is 405 g/mol. The summed E-state index contributed by atoms with van der Waals surface area (Å²) in [6.45, 7) is 2.11. The second-order valence-corrected chi connectivity index (χ2v) is 7.22. The normalized spacial score (nSPS) is 18.4. The van der Waals surface area contributed by atoms with E-state index in [0.717, 1.165) is 11.1 Å². The topological polar surface area (TPSA) is 71.5 Å². The van der Waals surface area contributed by atoms with Gasteiger partial charge in [0.05, 0.1) is 12.2 Å². The van der Waals surface area contributed by atoms with E-state index in [1.54, 1.807) is 67.7 Å². The van der Waals surface area contributed by atoms with Crippen LogP contribution in [0.4, 0.5) is 9.18 Å². The number of aromatic nitrogens is 1. The Bertz CT molecular complexity index is 1060. The molecule has 0 saturated carbocycles. The molecule has 2 aromatic carbocycles. The SMILES string of the molecule is CC1(c2ccccn2)NC(=O)N(Cc2ccc(OCc3ccc(F)cc3)cc2)C1=O. The maximum absolute atomic E-state index is 13.0. The quantitative estimate of drug-likeness (QED) is 0.634. The molecule has 7 heteroatoms. The van der Waals surface area contributed by atoms with Gasteiger partial charge >= 0.3 is 6.03 Å². The Labute approximate surface area is 173 Å². The van der Waals surface area contributed by atoms with Crippen molar-refractivity contribution in [1.29, 1.82) is 0 Å². The number of rotatable bonds is 6.